The number of rotatable bonds is 4. The Labute approximate surface area is 119 Å². The molecule has 0 atom stereocenters. The van der Waals surface area contributed by atoms with E-state index in [0.717, 1.165) is 11.3 Å². The topological polar surface area (TPSA) is 44.1 Å². The van der Waals surface area contributed by atoms with Gasteiger partial charge in [-0.2, -0.15) is 5.26 Å². The number of anilines is 1. The third-order valence-corrected chi connectivity index (χ3v) is 3.14. The molecule has 0 radical (unpaired) electrons. The van der Waals surface area contributed by atoms with E-state index in [4.69, 9.17) is 5.26 Å². The molecule has 3 nitrogen and oxygen atoms in total. The van der Waals surface area contributed by atoms with Crippen LogP contribution in [-0.2, 0) is 0 Å². The Hall–Kier alpha value is -2.60. The van der Waals surface area contributed by atoms with Crippen LogP contribution >= 0.6 is 0 Å². The van der Waals surface area contributed by atoms with Gasteiger partial charge in [-0.15, -0.1) is 0 Å². The van der Waals surface area contributed by atoms with Crippen molar-refractivity contribution in [2.75, 3.05) is 18.5 Å². The van der Waals surface area contributed by atoms with Crippen LogP contribution in [0, 0.1) is 18.3 Å². The fourth-order valence-corrected chi connectivity index (χ4v) is 2.03. The van der Waals surface area contributed by atoms with Crippen LogP contribution in [0.3, 0.4) is 0 Å². The standard InChI is InChI=1S/C17H16N2O/c1-13-5-3-7-15(9-13)17(20)12-19(2)16-8-4-6-14(10-16)11-18/h3-10H,12H2,1-2H3. The lowest BCUT2D eigenvalue weighted by molar-refractivity contribution is 0.100. The number of benzene rings is 2. The molecule has 0 aliphatic rings. The largest absolute Gasteiger partial charge is 0.367 e. The van der Waals surface area contributed by atoms with Gasteiger partial charge >= 0.3 is 0 Å². The van der Waals surface area contributed by atoms with Crippen LogP contribution in [0.1, 0.15) is 21.5 Å². The second-order valence-corrected chi connectivity index (χ2v) is 4.81. The first kappa shape index (κ1) is 13.8. The van der Waals surface area contributed by atoms with Crippen LogP contribution in [0.5, 0.6) is 0 Å². The average Bonchev–Trinajstić information content (AvgIpc) is 2.47. The summed E-state index contributed by atoms with van der Waals surface area (Å²) in [6, 6.07) is 16.9. The molecule has 0 bridgehead atoms. The molecule has 20 heavy (non-hydrogen) atoms. The van der Waals surface area contributed by atoms with Crippen LogP contribution < -0.4 is 4.90 Å². The Morgan fingerprint density at radius 2 is 1.95 bits per heavy atom. The first-order chi connectivity index (χ1) is 9.60. The van der Waals surface area contributed by atoms with Gasteiger partial charge in [0, 0.05) is 18.3 Å². The summed E-state index contributed by atoms with van der Waals surface area (Å²) in [5.41, 5.74) is 3.25. The predicted octanol–water partition coefficient (Wildman–Crippen LogP) is 3.19. The summed E-state index contributed by atoms with van der Waals surface area (Å²) < 4.78 is 0. The summed E-state index contributed by atoms with van der Waals surface area (Å²) in [5.74, 6) is 0.0681. The molecule has 0 N–H and O–H groups in total. The lowest BCUT2D eigenvalue weighted by Crippen LogP contribution is -2.25. The third-order valence-electron chi connectivity index (χ3n) is 3.14. The molecule has 2 aromatic carbocycles. The van der Waals surface area contributed by atoms with E-state index in [1.807, 2.05) is 55.3 Å². The van der Waals surface area contributed by atoms with Gasteiger partial charge in [0.15, 0.2) is 5.78 Å². The van der Waals surface area contributed by atoms with Crippen molar-refractivity contribution in [3.63, 3.8) is 0 Å². The Bertz CT molecular complexity index is 671. The minimum Gasteiger partial charge on any atom is -0.367 e. The lowest BCUT2D eigenvalue weighted by atomic mass is 10.1. The first-order valence-electron chi connectivity index (χ1n) is 6.41. The molecular formula is C17H16N2O. The van der Waals surface area contributed by atoms with Crippen LogP contribution in [0.4, 0.5) is 5.69 Å². The second-order valence-electron chi connectivity index (χ2n) is 4.81. The number of ketones is 1. The van der Waals surface area contributed by atoms with Crippen LogP contribution in [0.2, 0.25) is 0 Å². The minimum absolute atomic E-state index is 0.0681. The normalized spacial score (nSPS) is 9.85. The highest BCUT2D eigenvalue weighted by Crippen LogP contribution is 2.15. The van der Waals surface area contributed by atoms with Gasteiger partial charge in [-0.3, -0.25) is 4.79 Å². The second kappa shape index (κ2) is 6.03. The zero-order valence-electron chi connectivity index (χ0n) is 11.6. The number of aryl methyl sites for hydroxylation is 1. The molecule has 0 amide bonds. The molecule has 0 aliphatic heterocycles. The molecule has 2 aromatic rings. The maximum Gasteiger partial charge on any atom is 0.182 e. The van der Waals surface area contributed by atoms with Crippen molar-refractivity contribution in [2.24, 2.45) is 0 Å². The smallest absolute Gasteiger partial charge is 0.182 e. The number of hydrogen-bond donors (Lipinski definition) is 0. The number of nitrogens with zero attached hydrogens (tertiary/aromatic N) is 2. The highest BCUT2D eigenvalue weighted by Gasteiger charge is 2.10. The maximum atomic E-state index is 12.2. The molecule has 0 unspecified atom stereocenters. The number of carbonyl (C=O) groups is 1. The van der Waals surface area contributed by atoms with Gasteiger partial charge in [0.2, 0.25) is 0 Å². The summed E-state index contributed by atoms with van der Waals surface area (Å²) in [6.07, 6.45) is 0. The molecule has 0 aromatic heterocycles. The number of carbonyl (C=O) groups excluding carboxylic acids is 1. The minimum atomic E-state index is 0.0681. The van der Waals surface area contributed by atoms with E-state index >= 15 is 0 Å². The third kappa shape index (κ3) is 3.24. The van der Waals surface area contributed by atoms with E-state index < -0.39 is 0 Å². The van der Waals surface area contributed by atoms with Gasteiger partial charge in [0.25, 0.3) is 0 Å². The highest BCUT2D eigenvalue weighted by atomic mass is 16.1. The van der Waals surface area contributed by atoms with E-state index in [1.54, 1.807) is 12.1 Å². The molecule has 0 spiro atoms. The fraction of sp³-hybridized carbons (Fsp3) is 0.176. The molecule has 0 saturated heterocycles. The number of likely N-dealkylation sites (N-methyl/N-ethyl adjacent to an activating group) is 1. The van der Waals surface area contributed by atoms with Crippen molar-refractivity contribution < 1.29 is 4.79 Å². The van der Waals surface area contributed by atoms with E-state index in [0.29, 0.717) is 17.7 Å². The Balaban J connectivity index is 2.13. The number of hydrogen-bond acceptors (Lipinski definition) is 3. The summed E-state index contributed by atoms with van der Waals surface area (Å²) >= 11 is 0. The lowest BCUT2D eigenvalue weighted by Gasteiger charge is -2.18. The molecule has 0 aliphatic carbocycles. The molecule has 0 fully saturated rings. The summed E-state index contributed by atoms with van der Waals surface area (Å²) in [4.78, 5) is 14.1. The zero-order valence-corrected chi connectivity index (χ0v) is 11.6. The monoisotopic (exact) mass is 264 g/mol. The van der Waals surface area contributed by atoms with Gasteiger partial charge in [0.05, 0.1) is 18.2 Å². The predicted molar refractivity (Wildman–Crippen MR) is 79.9 cm³/mol. The van der Waals surface area contributed by atoms with Crippen molar-refractivity contribution in [3.8, 4) is 6.07 Å². The SMILES string of the molecule is Cc1cccc(C(=O)CN(C)c2cccc(C#N)c2)c1. The zero-order chi connectivity index (χ0) is 14.5. The first-order valence-corrected chi connectivity index (χ1v) is 6.41. The molecule has 0 saturated carbocycles. The quantitative estimate of drug-likeness (QED) is 0.797. The van der Waals surface area contributed by atoms with Crippen molar-refractivity contribution in [1.29, 1.82) is 5.26 Å². The van der Waals surface area contributed by atoms with E-state index in [-0.39, 0.29) is 5.78 Å². The van der Waals surface area contributed by atoms with Gasteiger partial charge in [-0.25, -0.2) is 0 Å². The number of nitriles is 1. The Kier molecular flexibility index (Phi) is 4.17. The Morgan fingerprint density at radius 1 is 1.20 bits per heavy atom. The number of Topliss-reactive ketones (excluding diaryl/α,β-unsaturated/α-hetero) is 1. The van der Waals surface area contributed by atoms with Crippen LogP contribution in [-0.4, -0.2) is 19.4 Å². The van der Waals surface area contributed by atoms with Gasteiger partial charge in [0.1, 0.15) is 0 Å². The van der Waals surface area contributed by atoms with Crippen molar-refractivity contribution in [3.05, 3.63) is 65.2 Å². The van der Waals surface area contributed by atoms with E-state index in [1.165, 1.54) is 0 Å². The summed E-state index contributed by atoms with van der Waals surface area (Å²) in [7, 11) is 1.85. The van der Waals surface area contributed by atoms with Gasteiger partial charge < -0.3 is 4.90 Å². The molecular weight excluding hydrogens is 248 g/mol. The van der Waals surface area contributed by atoms with Crippen LogP contribution in [0.25, 0.3) is 0 Å². The van der Waals surface area contributed by atoms with Crippen molar-refractivity contribution in [2.45, 2.75) is 6.92 Å². The molecule has 2 rings (SSSR count). The summed E-state index contributed by atoms with van der Waals surface area (Å²) in [5, 5.41) is 8.90. The Morgan fingerprint density at radius 3 is 2.65 bits per heavy atom. The summed E-state index contributed by atoms with van der Waals surface area (Å²) in [6.45, 7) is 2.26. The van der Waals surface area contributed by atoms with E-state index in [9.17, 15) is 4.79 Å². The van der Waals surface area contributed by atoms with Gasteiger partial charge in [-0.1, -0.05) is 29.8 Å². The molecule has 100 valence electrons. The van der Waals surface area contributed by atoms with Gasteiger partial charge in [-0.05, 0) is 31.2 Å². The molecule has 0 heterocycles. The van der Waals surface area contributed by atoms with E-state index in [2.05, 4.69) is 6.07 Å². The van der Waals surface area contributed by atoms with Crippen molar-refractivity contribution in [1.82, 2.24) is 0 Å². The highest BCUT2D eigenvalue weighted by molar-refractivity contribution is 5.99. The van der Waals surface area contributed by atoms with Crippen LogP contribution in [0.15, 0.2) is 48.5 Å². The average molecular weight is 264 g/mol. The fourth-order valence-electron chi connectivity index (χ4n) is 2.03. The maximum absolute atomic E-state index is 12.2. The molecule has 3 heteroatoms. The van der Waals surface area contributed by atoms with Crippen molar-refractivity contribution >= 4 is 11.5 Å².